The van der Waals surface area contributed by atoms with Gasteiger partial charge in [-0.15, -0.1) is 0 Å². The first-order valence-electron chi connectivity index (χ1n) is 10.2. The molecule has 180 valence electrons. The summed E-state index contributed by atoms with van der Waals surface area (Å²) in [6.07, 6.45) is -2.29. The molecule has 10 heteroatoms. The molecular weight excluding hydrogens is 468 g/mol. The third-order valence-electron chi connectivity index (χ3n) is 4.97. The van der Waals surface area contributed by atoms with Crippen LogP contribution in [0.3, 0.4) is 0 Å². The van der Waals surface area contributed by atoms with Gasteiger partial charge in [0.05, 0.1) is 0 Å². The molecule has 0 fully saturated rings. The van der Waals surface area contributed by atoms with E-state index in [4.69, 9.17) is 0 Å². The summed E-state index contributed by atoms with van der Waals surface area (Å²) in [5.74, 6) is -6.12. The molecule has 2 nitrogen and oxygen atoms in total. The Morgan fingerprint density at radius 3 is 2.00 bits per heavy atom. The van der Waals surface area contributed by atoms with Crippen LogP contribution in [0.25, 0.3) is 17.0 Å². The topological polar surface area (TPSA) is 25.8 Å². The average molecular weight is 486 g/mol. The Morgan fingerprint density at radius 1 is 0.853 bits per heavy atom. The SMILES string of the molecule is CCCC(F)=C(F)c1ccc(-c2cnc(CCc3cc(F)c(C(F)(F)F)c(F)c3)nc2)c(F)c1. The van der Waals surface area contributed by atoms with Crippen LogP contribution in [0.4, 0.5) is 35.1 Å². The molecule has 0 spiro atoms. The van der Waals surface area contributed by atoms with E-state index < -0.39 is 40.8 Å². The maximum absolute atomic E-state index is 14.5. The summed E-state index contributed by atoms with van der Waals surface area (Å²) in [7, 11) is 0. The summed E-state index contributed by atoms with van der Waals surface area (Å²) in [5.41, 5.74) is -1.90. The molecule has 0 atom stereocenters. The van der Waals surface area contributed by atoms with Gasteiger partial charge in [0.2, 0.25) is 0 Å². The van der Waals surface area contributed by atoms with Crippen LogP contribution >= 0.6 is 0 Å². The molecule has 0 radical (unpaired) electrons. The van der Waals surface area contributed by atoms with Crippen LogP contribution in [0.2, 0.25) is 0 Å². The number of rotatable bonds is 7. The van der Waals surface area contributed by atoms with Crippen LogP contribution in [-0.4, -0.2) is 9.97 Å². The summed E-state index contributed by atoms with van der Waals surface area (Å²) in [6, 6.07) is 4.56. The van der Waals surface area contributed by atoms with Crippen molar-refractivity contribution in [2.24, 2.45) is 0 Å². The monoisotopic (exact) mass is 486 g/mol. The fraction of sp³-hybridized carbons (Fsp3) is 0.250. The lowest BCUT2D eigenvalue weighted by Gasteiger charge is -2.11. The van der Waals surface area contributed by atoms with Crippen molar-refractivity contribution < 1.29 is 35.1 Å². The van der Waals surface area contributed by atoms with Gasteiger partial charge in [0.25, 0.3) is 0 Å². The van der Waals surface area contributed by atoms with Gasteiger partial charge in [0, 0.05) is 41.9 Å². The highest BCUT2D eigenvalue weighted by Crippen LogP contribution is 2.34. The Bertz CT molecular complexity index is 1180. The third kappa shape index (κ3) is 5.78. The van der Waals surface area contributed by atoms with Gasteiger partial charge >= 0.3 is 6.18 Å². The molecule has 0 aliphatic rings. The lowest BCUT2D eigenvalue weighted by Crippen LogP contribution is -2.12. The second kappa shape index (κ2) is 10.3. The van der Waals surface area contributed by atoms with Crippen molar-refractivity contribution in [1.82, 2.24) is 9.97 Å². The summed E-state index contributed by atoms with van der Waals surface area (Å²) < 4.78 is 108. The number of halogens is 8. The molecule has 0 saturated carbocycles. The molecule has 3 aromatic rings. The van der Waals surface area contributed by atoms with Gasteiger partial charge in [-0.3, -0.25) is 0 Å². The van der Waals surface area contributed by atoms with Crippen LogP contribution in [0, 0.1) is 17.5 Å². The van der Waals surface area contributed by atoms with E-state index in [-0.39, 0.29) is 47.3 Å². The minimum atomic E-state index is -5.15. The van der Waals surface area contributed by atoms with Crippen molar-refractivity contribution in [3.05, 3.63) is 88.5 Å². The predicted octanol–water partition coefficient (Wildman–Crippen LogP) is 7.77. The van der Waals surface area contributed by atoms with Crippen molar-refractivity contribution in [3.63, 3.8) is 0 Å². The summed E-state index contributed by atoms with van der Waals surface area (Å²) >= 11 is 0. The number of hydrogen-bond acceptors (Lipinski definition) is 2. The maximum atomic E-state index is 14.5. The minimum Gasteiger partial charge on any atom is -0.241 e. The molecule has 2 aromatic carbocycles. The Labute approximate surface area is 190 Å². The van der Waals surface area contributed by atoms with Crippen LogP contribution in [0.5, 0.6) is 0 Å². The Balaban J connectivity index is 1.73. The van der Waals surface area contributed by atoms with Gasteiger partial charge in [-0.1, -0.05) is 19.1 Å². The molecule has 0 aliphatic heterocycles. The second-order valence-electron chi connectivity index (χ2n) is 7.48. The van der Waals surface area contributed by atoms with Gasteiger partial charge < -0.3 is 0 Å². The van der Waals surface area contributed by atoms with Gasteiger partial charge in [0.15, 0.2) is 5.83 Å². The Kier molecular flexibility index (Phi) is 7.68. The molecule has 0 N–H and O–H groups in total. The van der Waals surface area contributed by atoms with Gasteiger partial charge in [-0.05, 0) is 36.6 Å². The minimum absolute atomic E-state index is 0.0114. The fourth-order valence-corrected chi connectivity index (χ4v) is 3.29. The van der Waals surface area contributed by atoms with Gasteiger partial charge in [-0.2, -0.15) is 13.2 Å². The molecular formula is C24H18F8N2. The zero-order valence-electron chi connectivity index (χ0n) is 17.8. The molecule has 34 heavy (non-hydrogen) atoms. The van der Waals surface area contributed by atoms with Crippen molar-refractivity contribution in [1.29, 1.82) is 0 Å². The number of allylic oxidation sites excluding steroid dienone is 1. The van der Waals surface area contributed by atoms with Gasteiger partial charge in [0.1, 0.15) is 34.7 Å². The van der Waals surface area contributed by atoms with Crippen molar-refractivity contribution in [2.45, 2.75) is 38.8 Å². The second-order valence-corrected chi connectivity index (χ2v) is 7.48. The first kappa shape index (κ1) is 25.3. The Morgan fingerprint density at radius 2 is 1.47 bits per heavy atom. The van der Waals surface area contributed by atoms with E-state index in [1.54, 1.807) is 6.92 Å². The van der Waals surface area contributed by atoms with E-state index in [2.05, 4.69) is 9.97 Å². The van der Waals surface area contributed by atoms with E-state index in [0.717, 1.165) is 6.07 Å². The van der Waals surface area contributed by atoms with Crippen LogP contribution in [0.15, 0.2) is 48.6 Å². The average Bonchev–Trinajstić information content (AvgIpc) is 2.76. The molecule has 1 heterocycles. The summed E-state index contributed by atoms with van der Waals surface area (Å²) in [6.45, 7) is 1.68. The number of alkyl halides is 3. The quantitative estimate of drug-likeness (QED) is 0.319. The molecule has 0 aliphatic carbocycles. The van der Waals surface area contributed by atoms with Crippen molar-refractivity contribution >= 4 is 5.83 Å². The highest BCUT2D eigenvalue weighted by molar-refractivity contribution is 5.68. The lowest BCUT2D eigenvalue weighted by atomic mass is 10.0. The number of hydrogen-bond donors (Lipinski definition) is 0. The summed E-state index contributed by atoms with van der Waals surface area (Å²) in [4.78, 5) is 8.07. The molecule has 1 aromatic heterocycles. The standard InChI is InChI=1S/C24H18F8N2/c1-2-3-17(25)23(29)14-5-6-16(18(26)10-14)15-11-33-21(34-12-15)7-4-13-8-19(27)22(20(28)9-13)24(30,31)32/h5-6,8-12H,2-4,7H2,1H3. The van der Waals surface area contributed by atoms with Crippen molar-refractivity contribution in [2.75, 3.05) is 0 Å². The van der Waals surface area contributed by atoms with Crippen LogP contribution < -0.4 is 0 Å². The zero-order chi connectivity index (χ0) is 25.0. The highest BCUT2D eigenvalue weighted by Gasteiger charge is 2.37. The smallest absolute Gasteiger partial charge is 0.241 e. The largest absolute Gasteiger partial charge is 0.422 e. The van der Waals surface area contributed by atoms with E-state index in [9.17, 15) is 35.1 Å². The maximum Gasteiger partial charge on any atom is 0.422 e. The number of nitrogens with zero attached hydrogens (tertiary/aromatic N) is 2. The molecule has 0 bridgehead atoms. The predicted molar refractivity (Wildman–Crippen MR) is 110 cm³/mol. The molecule has 0 amide bonds. The van der Waals surface area contributed by atoms with Gasteiger partial charge in [-0.25, -0.2) is 31.9 Å². The van der Waals surface area contributed by atoms with E-state index in [1.165, 1.54) is 24.5 Å². The first-order valence-corrected chi connectivity index (χ1v) is 10.2. The van der Waals surface area contributed by atoms with E-state index in [1.807, 2.05) is 0 Å². The van der Waals surface area contributed by atoms with Crippen LogP contribution in [-0.2, 0) is 19.0 Å². The van der Waals surface area contributed by atoms with E-state index >= 15 is 0 Å². The highest BCUT2D eigenvalue weighted by atomic mass is 19.4. The lowest BCUT2D eigenvalue weighted by molar-refractivity contribution is -0.142. The fourth-order valence-electron chi connectivity index (χ4n) is 3.29. The van der Waals surface area contributed by atoms with Crippen LogP contribution in [0.1, 0.15) is 42.3 Å². The molecule has 0 saturated heterocycles. The van der Waals surface area contributed by atoms with Crippen molar-refractivity contribution in [3.8, 4) is 11.1 Å². The number of benzene rings is 2. The first-order chi connectivity index (χ1) is 16.0. The normalized spacial score (nSPS) is 12.6. The molecule has 0 unspecified atom stereocenters. The molecule has 3 rings (SSSR count). The zero-order valence-corrected chi connectivity index (χ0v) is 17.8. The number of aromatic nitrogens is 2. The number of aryl methyl sites for hydroxylation is 2. The van der Waals surface area contributed by atoms with E-state index in [0.29, 0.717) is 18.6 Å². The Hall–Kier alpha value is -3.30. The third-order valence-corrected chi connectivity index (χ3v) is 4.97. The summed E-state index contributed by atoms with van der Waals surface area (Å²) in [5, 5.41) is 0.